The molecule has 7 nitrogen and oxygen atoms in total. The maximum atomic E-state index is 14.2. The van der Waals surface area contributed by atoms with E-state index in [1.165, 1.54) is 20.6 Å². The number of anilines is 1. The number of nitrogens with zero attached hydrogens (tertiary/aromatic N) is 1. The van der Waals surface area contributed by atoms with Crippen molar-refractivity contribution in [3.63, 3.8) is 0 Å². The number of carbonyl (C=O) groups excluding carboxylic acids is 2. The highest BCUT2D eigenvalue weighted by Gasteiger charge is 2.41. The van der Waals surface area contributed by atoms with Crippen molar-refractivity contribution in [3.8, 4) is 17.2 Å². The maximum absolute atomic E-state index is 14.2. The van der Waals surface area contributed by atoms with Gasteiger partial charge in [-0.05, 0) is 59.9 Å². The molecular formula is C31H32N2O5. The summed E-state index contributed by atoms with van der Waals surface area (Å²) >= 11 is 0. The third-order valence-corrected chi connectivity index (χ3v) is 7.30. The van der Waals surface area contributed by atoms with Crippen LogP contribution in [0.1, 0.15) is 54.8 Å². The second-order valence-corrected chi connectivity index (χ2v) is 9.68. The van der Waals surface area contributed by atoms with Crippen LogP contribution in [0, 0.1) is 0 Å². The fourth-order valence-corrected chi connectivity index (χ4v) is 5.43. The van der Waals surface area contributed by atoms with Crippen LogP contribution in [0.5, 0.6) is 17.2 Å². The monoisotopic (exact) mass is 512 g/mol. The highest BCUT2D eigenvalue weighted by Crippen LogP contribution is 2.42. The number of benzene rings is 3. The van der Waals surface area contributed by atoms with Gasteiger partial charge in [-0.25, -0.2) is 0 Å². The third-order valence-electron chi connectivity index (χ3n) is 7.30. The van der Waals surface area contributed by atoms with Crippen LogP contribution in [0.25, 0.3) is 11.6 Å². The Balaban J connectivity index is 1.64. The van der Waals surface area contributed by atoms with Gasteiger partial charge in [0.15, 0.2) is 11.5 Å². The van der Waals surface area contributed by atoms with Crippen LogP contribution in [0.2, 0.25) is 0 Å². The summed E-state index contributed by atoms with van der Waals surface area (Å²) in [5.41, 5.74) is 3.14. The lowest BCUT2D eigenvalue weighted by atomic mass is 9.86. The lowest BCUT2D eigenvalue weighted by Gasteiger charge is -2.38. The summed E-state index contributed by atoms with van der Waals surface area (Å²) in [6, 6.07) is 19.4. The molecule has 5 rings (SSSR count). The molecule has 0 saturated heterocycles. The molecule has 1 saturated carbocycles. The number of fused-ring (bicyclic) bond motifs is 1. The number of hydrogen-bond donors (Lipinski definition) is 2. The van der Waals surface area contributed by atoms with Gasteiger partial charge in [0.05, 0.1) is 14.2 Å². The average Bonchev–Trinajstić information content (AvgIpc) is 2.95. The van der Waals surface area contributed by atoms with E-state index in [9.17, 15) is 14.7 Å². The molecular weight excluding hydrogens is 480 g/mol. The summed E-state index contributed by atoms with van der Waals surface area (Å²) in [7, 11) is 2.91. The second-order valence-electron chi connectivity index (χ2n) is 9.68. The molecule has 2 amide bonds. The van der Waals surface area contributed by atoms with Crippen molar-refractivity contribution >= 4 is 29.2 Å². The number of para-hydroxylation sites is 1. The molecule has 1 unspecified atom stereocenters. The quantitative estimate of drug-likeness (QED) is 0.427. The Labute approximate surface area is 222 Å². The van der Waals surface area contributed by atoms with Crippen molar-refractivity contribution in [2.75, 3.05) is 19.1 Å². The summed E-state index contributed by atoms with van der Waals surface area (Å²) in [6.07, 6.45) is 7.04. The third kappa shape index (κ3) is 4.84. The van der Waals surface area contributed by atoms with Crippen LogP contribution < -0.4 is 19.7 Å². The summed E-state index contributed by atoms with van der Waals surface area (Å²) < 4.78 is 10.6. The van der Waals surface area contributed by atoms with Gasteiger partial charge in [-0.15, -0.1) is 0 Å². The molecule has 1 aliphatic heterocycles. The highest BCUT2D eigenvalue weighted by molar-refractivity contribution is 6.33. The number of nitrogens with one attached hydrogen (secondary N) is 1. The zero-order valence-electron chi connectivity index (χ0n) is 21.6. The first-order valence-corrected chi connectivity index (χ1v) is 13.0. The highest BCUT2D eigenvalue weighted by atomic mass is 16.5. The number of methoxy groups -OCH3 is 2. The van der Waals surface area contributed by atoms with Gasteiger partial charge in [-0.1, -0.05) is 61.7 Å². The standard InChI is InChI=1S/C31H32N2O5/c1-37-26-18-20(19-27(38-2)29(26)34)17-25-23-15-9-10-16-24(23)28(30(35)32-21-11-5-3-6-12-21)33(31(25)36)22-13-7-4-8-14-22/h4,7-10,13-19,21,28,34H,3,5-6,11-12H2,1-2H3,(H,32,35)/b25-17+. The van der Waals surface area contributed by atoms with Gasteiger partial charge in [-0.3, -0.25) is 14.5 Å². The van der Waals surface area contributed by atoms with Gasteiger partial charge < -0.3 is 19.9 Å². The number of carbonyl (C=O) groups is 2. The second kappa shape index (κ2) is 11.0. The number of ether oxygens (including phenoxy) is 2. The smallest absolute Gasteiger partial charge is 0.259 e. The fraction of sp³-hybridized carbons (Fsp3) is 0.290. The molecule has 0 spiro atoms. The van der Waals surface area contributed by atoms with Gasteiger partial charge >= 0.3 is 0 Å². The topological polar surface area (TPSA) is 88.1 Å². The zero-order chi connectivity index (χ0) is 26.6. The Morgan fingerprint density at radius 2 is 1.58 bits per heavy atom. The lowest BCUT2D eigenvalue weighted by Crippen LogP contribution is -2.49. The lowest BCUT2D eigenvalue weighted by molar-refractivity contribution is -0.126. The largest absolute Gasteiger partial charge is 0.502 e. The molecule has 0 bridgehead atoms. The predicted octanol–water partition coefficient (Wildman–Crippen LogP) is 5.49. The summed E-state index contributed by atoms with van der Waals surface area (Å²) in [6.45, 7) is 0. The number of amides is 2. The van der Waals surface area contributed by atoms with Crippen molar-refractivity contribution in [1.29, 1.82) is 0 Å². The van der Waals surface area contributed by atoms with E-state index in [1.54, 1.807) is 23.1 Å². The number of phenolic OH excluding ortho intramolecular Hbond substituents is 1. The Hall–Kier alpha value is -4.26. The van der Waals surface area contributed by atoms with Crippen LogP contribution in [-0.4, -0.2) is 37.2 Å². The van der Waals surface area contributed by atoms with Crippen molar-refractivity contribution < 1.29 is 24.2 Å². The van der Waals surface area contributed by atoms with Gasteiger partial charge in [0.2, 0.25) is 11.7 Å². The van der Waals surface area contributed by atoms with Crippen molar-refractivity contribution in [3.05, 3.63) is 83.4 Å². The zero-order valence-corrected chi connectivity index (χ0v) is 21.6. The Morgan fingerprint density at radius 3 is 2.24 bits per heavy atom. The van der Waals surface area contributed by atoms with E-state index in [-0.39, 0.29) is 35.1 Å². The first-order valence-electron chi connectivity index (χ1n) is 13.0. The van der Waals surface area contributed by atoms with Crippen molar-refractivity contribution in [2.45, 2.75) is 44.2 Å². The van der Waals surface area contributed by atoms with Crippen LogP contribution in [0.15, 0.2) is 66.7 Å². The Morgan fingerprint density at radius 1 is 0.947 bits per heavy atom. The van der Waals surface area contributed by atoms with Gasteiger partial charge in [-0.2, -0.15) is 0 Å². The minimum Gasteiger partial charge on any atom is -0.502 e. The molecule has 0 aromatic heterocycles. The molecule has 1 aliphatic carbocycles. The number of rotatable bonds is 6. The predicted molar refractivity (Wildman–Crippen MR) is 147 cm³/mol. The fourth-order valence-electron chi connectivity index (χ4n) is 5.43. The average molecular weight is 513 g/mol. The minimum atomic E-state index is -0.802. The van der Waals surface area contributed by atoms with E-state index >= 15 is 0 Å². The first-order chi connectivity index (χ1) is 18.5. The van der Waals surface area contributed by atoms with E-state index in [0.717, 1.165) is 31.2 Å². The van der Waals surface area contributed by atoms with Crippen molar-refractivity contribution in [1.82, 2.24) is 5.32 Å². The molecule has 3 aromatic rings. The maximum Gasteiger partial charge on any atom is 0.259 e. The Kier molecular flexibility index (Phi) is 7.36. The molecule has 2 N–H and O–H groups in total. The number of hydrogen-bond acceptors (Lipinski definition) is 5. The van der Waals surface area contributed by atoms with Crippen LogP contribution in [0.4, 0.5) is 5.69 Å². The summed E-state index contributed by atoms with van der Waals surface area (Å²) in [5, 5.41) is 13.6. The molecule has 1 fully saturated rings. The van der Waals surface area contributed by atoms with E-state index in [2.05, 4.69) is 5.32 Å². The SMILES string of the molecule is COc1cc(/C=C2/C(=O)N(c3ccccc3)C(C(=O)NC3CCCCC3)c3ccccc32)cc(OC)c1O. The van der Waals surface area contributed by atoms with E-state index in [0.29, 0.717) is 22.4 Å². The van der Waals surface area contributed by atoms with Crippen molar-refractivity contribution in [2.24, 2.45) is 0 Å². The van der Waals surface area contributed by atoms with E-state index in [4.69, 9.17) is 9.47 Å². The minimum absolute atomic E-state index is 0.113. The Bertz CT molecular complexity index is 1340. The van der Waals surface area contributed by atoms with Crippen LogP contribution >= 0.6 is 0 Å². The molecule has 1 heterocycles. The van der Waals surface area contributed by atoms with E-state index in [1.807, 2.05) is 54.6 Å². The van der Waals surface area contributed by atoms with Crippen LogP contribution in [0.3, 0.4) is 0 Å². The van der Waals surface area contributed by atoms with Gasteiger partial charge in [0, 0.05) is 17.3 Å². The number of aromatic hydroxyl groups is 1. The molecule has 38 heavy (non-hydrogen) atoms. The summed E-state index contributed by atoms with van der Waals surface area (Å²) in [4.78, 5) is 29.7. The molecule has 3 aromatic carbocycles. The molecule has 7 heteroatoms. The van der Waals surface area contributed by atoms with Gasteiger partial charge in [0.25, 0.3) is 5.91 Å². The van der Waals surface area contributed by atoms with E-state index < -0.39 is 6.04 Å². The first kappa shape index (κ1) is 25.4. The van der Waals surface area contributed by atoms with Crippen LogP contribution in [-0.2, 0) is 9.59 Å². The number of phenols is 1. The molecule has 0 radical (unpaired) electrons. The molecule has 2 aliphatic rings. The molecule has 1 atom stereocenters. The normalized spacial score (nSPS) is 18.7. The molecule has 196 valence electrons. The summed E-state index contributed by atoms with van der Waals surface area (Å²) in [5.74, 6) is -0.106. The van der Waals surface area contributed by atoms with Gasteiger partial charge in [0.1, 0.15) is 6.04 Å².